The van der Waals surface area contributed by atoms with Gasteiger partial charge in [0.15, 0.2) is 12.3 Å². The van der Waals surface area contributed by atoms with Gasteiger partial charge in [-0.25, -0.2) is 4.68 Å². The summed E-state index contributed by atoms with van der Waals surface area (Å²) >= 11 is 0. The molecule has 2 heterocycles. The Morgan fingerprint density at radius 3 is 2.82 bits per heavy atom. The maximum absolute atomic E-state index is 12.4. The second kappa shape index (κ2) is 8.59. The molecule has 1 aliphatic heterocycles. The summed E-state index contributed by atoms with van der Waals surface area (Å²) in [7, 11) is 0. The van der Waals surface area contributed by atoms with Crippen molar-refractivity contribution < 1.29 is 22.7 Å². The molecule has 28 heavy (non-hydrogen) atoms. The number of ether oxygens (including phenoxy) is 1. The lowest BCUT2D eigenvalue weighted by molar-refractivity contribution is -0.153. The molecule has 2 aromatic rings. The van der Waals surface area contributed by atoms with Crippen molar-refractivity contribution in [3.63, 3.8) is 0 Å². The second-order valence-electron chi connectivity index (χ2n) is 6.76. The van der Waals surface area contributed by atoms with Gasteiger partial charge < -0.3 is 15.4 Å². The summed E-state index contributed by atoms with van der Waals surface area (Å²) in [5.74, 6) is -0.349. The highest BCUT2D eigenvalue weighted by atomic mass is 19.4. The predicted octanol–water partition coefficient (Wildman–Crippen LogP) is 2.38. The maximum atomic E-state index is 12.4. The molecule has 0 bridgehead atoms. The molecule has 0 atom stereocenters. The van der Waals surface area contributed by atoms with Crippen LogP contribution < -0.4 is 15.4 Å². The largest absolute Gasteiger partial charge is 0.484 e. The first-order valence-electron chi connectivity index (χ1n) is 9.01. The Hall–Kier alpha value is -2.62. The minimum atomic E-state index is -4.43. The van der Waals surface area contributed by atoms with Crippen LogP contribution in [0.3, 0.4) is 0 Å². The molecule has 1 fully saturated rings. The number of halogens is 3. The molecule has 0 saturated carbocycles. The van der Waals surface area contributed by atoms with E-state index in [2.05, 4.69) is 20.9 Å². The van der Waals surface area contributed by atoms with Crippen LogP contribution in [0.5, 0.6) is 5.75 Å². The lowest BCUT2D eigenvalue weighted by Crippen LogP contribution is -2.29. The summed E-state index contributed by atoms with van der Waals surface area (Å²) in [5.41, 5.74) is 1.38. The van der Waals surface area contributed by atoms with E-state index in [9.17, 15) is 18.0 Å². The Kier molecular flexibility index (Phi) is 6.18. The Morgan fingerprint density at radius 2 is 2.11 bits per heavy atom. The Balaban J connectivity index is 1.62. The van der Waals surface area contributed by atoms with Crippen LogP contribution in [0.25, 0.3) is 0 Å². The number of piperidine rings is 1. The number of rotatable bonds is 6. The highest BCUT2D eigenvalue weighted by Crippen LogP contribution is 2.24. The molecular formula is C18H22F3N5O2. The van der Waals surface area contributed by atoms with E-state index in [-0.39, 0.29) is 24.0 Å². The molecule has 0 spiro atoms. The van der Waals surface area contributed by atoms with Crippen LogP contribution in [0.15, 0.2) is 24.4 Å². The highest BCUT2D eigenvalue weighted by molar-refractivity contribution is 5.91. The van der Waals surface area contributed by atoms with Gasteiger partial charge in [-0.15, -0.1) is 5.10 Å². The molecule has 10 heteroatoms. The first kappa shape index (κ1) is 20.1. The smallest absolute Gasteiger partial charge is 0.422 e. The van der Waals surface area contributed by atoms with E-state index in [0.29, 0.717) is 5.56 Å². The van der Waals surface area contributed by atoms with Gasteiger partial charge in [-0.1, -0.05) is 17.3 Å². The summed E-state index contributed by atoms with van der Waals surface area (Å²) in [6, 6.07) is 5.10. The van der Waals surface area contributed by atoms with E-state index >= 15 is 0 Å². The lowest BCUT2D eigenvalue weighted by Gasteiger charge is -2.22. The van der Waals surface area contributed by atoms with E-state index in [4.69, 9.17) is 4.74 Å². The normalized spacial score (nSPS) is 15.4. The van der Waals surface area contributed by atoms with Gasteiger partial charge in [-0.3, -0.25) is 4.79 Å². The molecule has 0 radical (unpaired) electrons. The topological polar surface area (TPSA) is 81.1 Å². The molecule has 0 unspecified atom stereocenters. The summed E-state index contributed by atoms with van der Waals surface area (Å²) in [4.78, 5) is 12.3. The van der Waals surface area contributed by atoms with E-state index in [1.807, 2.05) is 0 Å². The minimum Gasteiger partial charge on any atom is -0.484 e. The first-order chi connectivity index (χ1) is 13.3. The molecule has 1 amide bonds. The van der Waals surface area contributed by atoms with Gasteiger partial charge in [-0.05, 0) is 44.5 Å². The Bertz CT molecular complexity index is 816. The summed E-state index contributed by atoms with van der Waals surface area (Å²) in [6.45, 7) is 2.16. The standard InChI is InChI=1S/C18H22F3N5O2/c1-12-2-3-13(16(8-12)28-11-18(19,20)21)9-23-17(27)15-10-26(25-24-15)14-4-6-22-7-5-14/h2-3,8,10,14,22H,4-7,9,11H2,1H3,(H,23,27). The number of carbonyl (C=O) groups is 1. The van der Waals surface area contributed by atoms with Crippen LogP contribution >= 0.6 is 0 Å². The van der Waals surface area contributed by atoms with Crippen molar-refractivity contribution in [1.82, 2.24) is 25.6 Å². The molecule has 1 aromatic heterocycles. The van der Waals surface area contributed by atoms with Crippen molar-refractivity contribution in [2.75, 3.05) is 19.7 Å². The number of aryl methyl sites for hydroxylation is 1. The number of hydrogen-bond acceptors (Lipinski definition) is 5. The van der Waals surface area contributed by atoms with Crippen molar-refractivity contribution in [3.05, 3.63) is 41.2 Å². The van der Waals surface area contributed by atoms with Crippen LogP contribution in [0.2, 0.25) is 0 Å². The fourth-order valence-corrected chi connectivity index (χ4v) is 3.00. The minimum absolute atomic E-state index is 0.0203. The average molecular weight is 397 g/mol. The van der Waals surface area contributed by atoms with E-state index < -0.39 is 18.7 Å². The quantitative estimate of drug-likeness (QED) is 0.782. The van der Waals surface area contributed by atoms with E-state index in [1.54, 1.807) is 29.9 Å². The fraction of sp³-hybridized carbons (Fsp3) is 0.500. The highest BCUT2D eigenvalue weighted by Gasteiger charge is 2.29. The number of nitrogens with one attached hydrogen (secondary N) is 2. The molecule has 7 nitrogen and oxygen atoms in total. The lowest BCUT2D eigenvalue weighted by atomic mass is 10.1. The van der Waals surface area contributed by atoms with Gasteiger partial charge in [0.2, 0.25) is 0 Å². The average Bonchev–Trinajstić information content (AvgIpc) is 3.16. The monoisotopic (exact) mass is 397 g/mol. The molecule has 1 saturated heterocycles. The van der Waals surface area contributed by atoms with E-state index in [1.165, 1.54) is 6.07 Å². The van der Waals surface area contributed by atoms with Crippen molar-refractivity contribution in [2.24, 2.45) is 0 Å². The number of nitrogens with zero attached hydrogens (tertiary/aromatic N) is 3. The third kappa shape index (κ3) is 5.44. The fourth-order valence-electron chi connectivity index (χ4n) is 3.00. The first-order valence-corrected chi connectivity index (χ1v) is 9.01. The molecule has 1 aliphatic rings. The number of alkyl halides is 3. The van der Waals surface area contributed by atoms with Crippen molar-refractivity contribution in [2.45, 2.75) is 38.5 Å². The SMILES string of the molecule is Cc1ccc(CNC(=O)c2cn(C3CCNCC3)nn2)c(OCC(F)(F)F)c1. The number of amides is 1. The van der Waals surface area contributed by atoms with Crippen molar-refractivity contribution >= 4 is 5.91 Å². The molecule has 2 N–H and O–H groups in total. The van der Waals surface area contributed by atoms with Gasteiger partial charge in [-0.2, -0.15) is 13.2 Å². The maximum Gasteiger partial charge on any atom is 0.422 e. The van der Waals surface area contributed by atoms with Crippen LogP contribution in [0, 0.1) is 6.92 Å². The van der Waals surface area contributed by atoms with Gasteiger partial charge >= 0.3 is 6.18 Å². The second-order valence-corrected chi connectivity index (χ2v) is 6.76. The zero-order valence-corrected chi connectivity index (χ0v) is 15.4. The molecular weight excluding hydrogens is 375 g/mol. The molecule has 3 rings (SSSR count). The van der Waals surface area contributed by atoms with E-state index in [0.717, 1.165) is 31.5 Å². The summed E-state index contributed by atoms with van der Waals surface area (Å²) in [5, 5.41) is 13.9. The third-order valence-electron chi connectivity index (χ3n) is 4.48. The van der Waals surface area contributed by atoms with Gasteiger partial charge in [0.05, 0.1) is 12.2 Å². The van der Waals surface area contributed by atoms with Crippen LogP contribution in [-0.2, 0) is 6.54 Å². The summed E-state index contributed by atoms with van der Waals surface area (Å²) < 4.78 is 43.9. The van der Waals surface area contributed by atoms with Gasteiger partial charge in [0.1, 0.15) is 5.75 Å². The summed E-state index contributed by atoms with van der Waals surface area (Å²) in [6.07, 6.45) is -1.01. The van der Waals surface area contributed by atoms with Crippen LogP contribution in [0.4, 0.5) is 13.2 Å². The van der Waals surface area contributed by atoms with Gasteiger partial charge in [0, 0.05) is 12.1 Å². The zero-order valence-electron chi connectivity index (χ0n) is 15.4. The zero-order chi connectivity index (χ0) is 20.1. The number of aromatic nitrogens is 3. The number of benzene rings is 1. The predicted molar refractivity (Wildman–Crippen MR) is 95.1 cm³/mol. The molecule has 1 aromatic carbocycles. The van der Waals surface area contributed by atoms with Crippen LogP contribution in [-0.4, -0.2) is 46.8 Å². The molecule has 0 aliphatic carbocycles. The third-order valence-corrected chi connectivity index (χ3v) is 4.48. The van der Waals surface area contributed by atoms with Gasteiger partial charge in [0.25, 0.3) is 5.91 Å². The Labute approximate surface area is 160 Å². The van der Waals surface area contributed by atoms with Crippen molar-refractivity contribution in [1.29, 1.82) is 0 Å². The number of hydrogen-bond donors (Lipinski definition) is 2. The van der Waals surface area contributed by atoms with Crippen molar-refractivity contribution in [3.8, 4) is 5.75 Å². The molecule has 152 valence electrons. The van der Waals surface area contributed by atoms with Crippen LogP contribution in [0.1, 0.15) is 40.5 Å². The number of carbonyl (C=O) groups excluding carboxylic acids is 1. The Morgan fingerprint density at radius 1 is 1.36 bits per heavy atom.